The van der Waals surface area contributed by atoms with Crippen LogP contribution in [0.4, 0.5) is 4.79 Å². The van der Waals surface area contributed by atoms with E-state index in [0.29, 0.717) is 13.0 Å². The Labute approximate surface area is 124 Å². The van der Waals surface area contributed by atoms with Gasteiger partial charge >= 0.3 is 12.1 Å². The number of amides is 1. The number of nitrogens with zero attached hydrogens (tertiary/aromatic N) is 1. The van der Waals surface area contributed by atoms with Gasteiger partial charge in [0.2, 0.25) is 0 Å². The SMILES string of the molecule is COC(=O)[C@H]1Cc2ccccc2CN1C(=O)OC(C)(C)C. The highest BCUT2D eigenvalue weighted by molar-refractivity contribution is 5.82. The van der Waals surface area contributed by atoms with Gasteiger partial charge in [0.05, 0.1) is 13.7 Å². The van der Waals surface area contributed by atoms with Crippen LogP contribution in [0, 0.1) is 0 Å². The number of hydrogen-bond donors (Lipinski definition) is 0. The van der Waals surface area contributed by atoms with E-state index in [1.807, 2.05) is 24.3 Å². The quantitative estimate of drug-likeness (QED) is 0.746. The first-order valence-corrected chi connectivity index (χ1v) is 6.96. The van der Waals surface area contributed by atoms with Crippen molar-refractivity contribution in [3.05, 3.63) is 35.4 Å². The zero-order valence-corrected chi connectivity index (χ0v) is 12.9. The highest BCUT2D eigenvalue weighted by Crippen LogP contribution is 2.25. The Bertz CT molecular complexity index is 547. The van der Waals surface area contributed by atoms with E-state index in [-0.39, 0.29) is 0 Å². The number of carbonyl (C=O) groups excluding carboxylic acids is 2. The third-order valence-electron chi connectivity index (χ3n) is 3.35. The summed E-state index contributed by atoms with van der Waals surface area (Å²) in [5, 5.41) is 0. The van der Waals surface area contributed by atoms with Crippen molar-refractivity contribution in [2.24, 2.45) is 0 Å². The number of carbonyl (C=O) groups is 2. The number of rotatable bonds is 1. The van der Waals surface area contributed by atoms with Crippen LogP contribution in [-0.2, 0) is 27.2 Å². The summed E-state index contributed by atoms with van der Waals surface area (Å²) < 4.78 is 10.2. The molecule has 0 fully saturated rings. The lowest BCUT2D eigenvalue weighted by Crippen LogP contribution is -2.50. The van der Waals surface area contributed by atoms with Crippen LogP contribution in [0.2, 0.25) is 0 Å². The van der Waals surface area contributed by atoms with Crippen molar-refractivity contribution in [3.8, 4) is 0 Å². The molecule has 0 aromatic heterocycles. The van der Waals surface area contributed by atoms with E-state index in [2.05, 4.69) is 0 Å². The fraction of sp³-hybridized carbons (Fsp3) is 0.500. The van der Waals surface area contributed by atoms with E-state index >= 15 is 0 Å². The molecule has 0 radical (unpaired) electrons. The van der Waals surface area contributed by atoms with E-state index in [1.54, 1.807) is 20.8 Å². The van der Waals surface area contributed by atoms with Gasteiger partial charge in [0, 0.05) is 6.42 Å². The minimum atomic E-state index is -0.639. The third kappa shape index (κ3) is 3.54. The Morgan fingerprint density at radius 2 is 1.81 bits per heavy atom. The van der Waals surface area contributed by atoms with Gasteiger partial charge in [-0.05, 0) is 31.9 Å². The van der Waals surface area contributed by atoms with Gasteiger partial charge in [-0.1, -0.05) is 24.3 Å². The molecule has 2 rings (SSSR count). The van der Waals surface area contributed by atoms with Crippen LogP contribution >= 0.6 is 0 Å². The average molecular weight is 291 g/mol. The first kappa shape index (κ1) is 15.4. The molecule has 0 unspecified atom stereocenters. The molecule has 5 nitrogen and oxygen atoms in total. The Morgan fingerprint density at radius 1 is 1.19 bits per heavy atom. The lowest BCUT2D eigenvalue weighted by atomic mass is 9.94. The average Bonchev–Trinajstić information content (AvgIpc) is 2.43. The number of methoxy groups -OCH3 is 1. The molecule has 0 N–H and O–H groups in total. The van der Waals surface area contributed by atoms with Gasteiger partial charge in [-0.25, -0.2) is 9.59 Å². The van der Waals surface area contributed by atoms with E-state index < -0.39 is 23.7 Å². The Kier molecular flexibility index (Phi) is 4.21. The summed E-state index contributed by atoms with van der Waals surface area (Å²) in [4.78, 5) is 25.8. The number of fused-ring (bicyclic) bond motifs is 1. The standard InChI is InChI=1S/C16H21NO4/c1-16(2,3)21-15(19)17-10-12-8-6-5-7-11(12)9-13(17)14(18)20-4/h5-8,13H,9-10H2,1-4H3/t13-/m1/s1. The molecule has 1 aromatic carbocycles. The van der Waals surface area contributed by atoms with Gasteiger partial charge in [-0.2, -0.15) is 0 Å². The fourth-order valence-electron chi connectivity index (χ4n) is 2.38. The summed E-state index contributed by atoms with van der Waals surface area (Å²) in [6.07, 6.45) is -0.0466. The van der Waals surface area contributed by atoms with Crippen LogP contribution in [-0.4, -0.2) is 35.7 Å². The molecule has 1 heterocycles. The van der Waals surface area contributed by atoms with Gasteiger partial charge in [-0.15, -0.1) is 0 Å². The lowest BCUT2D eigenvalue weighted by molar-refractivity contribution is -0.147. The minimum Gasteiger partial charge on any atom is -0.467 e. The van der Waals surface area contributed by atoms with Crippen molar-refractivity contribution in [2.75, 3.05) is 7.11 Å². The first-order chi connectivity index (χ1) is 9.81. The molecule has 0 saturated heterocycles. The molecule has 21 heavy (non-hydrogen) atoms. The van der Waals surface area contributed by atoms with E-state index in [4.69, 9.17) is 9.47 Å². The number of hydrogen-bond acceptors (Lipinski definition) is 4. The summed E-state index contributed by atoms with van der Waals surface area (Å²) in [7, 11) is 1.33. The Balaban J connectivity index is 2.28. The predicted molar refractivity (Wildman–Crippen MR) is 77.7 cm³/mol. The zero-order chi connectivity index (χ0) is 15.6. The number of benzene rings is 1. The van der Waals surface area contributed by atoms with Crippen LogP contribution in [0.3, 0.4) is 0 Å². The highest BCUT2D eigenvalue weighted by Gasteiger charge is 2.37. The predicted octanol–water partition coefficient (Wildman–Crippen LogP) is 2.52. The summed E-state index contributed by atoms with van der Waals surface area (Å²) in [5.41, 5.74) is 1.49. The summed E-state index contributed by atoms with van der Waals surface area (Å²) >= 11 is 0. The maximum atomic E-state index is 12.4. The second-order valence-electron chi connectivity index (χ2n) is 6.12. The molecule has 1 atom stereocenters. The summed E-state index contributed by atoms with van der Waals surface area (Å²) in [5.74, 6) is -0.421. The molecule has 5 heteroatoms. The molecule has 0 saturated carbocycles. The molecular weight excluding hydrogens is 270 g/mol. The van der Waals surface area contributed by atoms with Gasteiger partial charge < -0.3 is 9.47 Å². The van der Waals surface area contributed by atoms with Crippen molar-refractivity contribution < 1.29 is 19.1 Å². The second-order valence-corrected chi connectivity index (χ2v) is 6.12. The molecule has 0 spiro atoms. The maximum absolute atomic E-state index is 12.4. The minimum absolute atomic E-state index is 0.352. The normalized spacial score (nSPS) is 17.9. The topological polar surface area (TPSA) is 55.8 Å². The summed E-state index contributed by atoms with van der Waals surface area (Å²) in [6, 6.07) is 7.14. The second kappa shape index (κ2) is 5.76. The number of ether oxygens (including phenoxy) is 2. The van der Waals surface area contributed by atoms with Gasteiger partial charge in [0.15, 0.2) is 0 Å². The zero-order valence-electron chi connectivity index (χ0n) is 12.9. The van der Waals surface area contributed by atoms with Crippen LogP contribution in [0.15, 0.2) is 24.3 Å². The molecule has 1 aliphatic heterocycles. The summed E-state index contributed by atoms with van der Waals surface area (Å²) in [6.45, 7) is 5.76. The van der Waals surface area contributed by atoms with E-state index in [1.165, 1.54) is 12.0 Å². The first-order valence-electron chi connectivity index (χ1n) is 6.96. The van der Waals surface area contributed by atoms with Gasteiger partial charge in [0.25, 0.3) is 0 Å². The molecule has 1 aliphatic rings. The smallest absolute Gasteiger partial charge is 0.411 e. The third-order valence-corrected chi connectivity index (χ3v) is 3.35. The Hall–Kier alpha value is -2.04. The molecule has 114 valence electrons. The van der Waals surface area contributed by atoms with Crippen LogP contribution < -0.4 is 0 Å². The fourth-order valence-corrected chi connectivity index (χ4v) is 2.38. The molecule has 0 aliphatic carbocycles. The van der Waals surface area contributed by atoms with Crippen molar-refractivity contribution in [3.63, 3.8) is 0 Å². The van der Waals surface area contributed by atoms with Crippen molar-refractivity contribution >= 4 is 12.1 Å². The molecule has 0 bridgehead atoms. The number of esters is 1. The molecule has 1 aromatic rings. The maximum Gasteiger partial charge on any atom is 0.411 e. The van der Waals surface area contributed by atoms with Gasteiger partial charge in [-0.3, -0.25) is 4.90 Å². The van der Waals surface area contributed by atoms with Crippen molar-refractivity contribution in [1.29, 1.82) is 0 Å². The van der Waals surface area contributed by atoms with Crippen molar-refractivity contribution in [1.82, 2.24) is 4.90 Å². The monoisotopic (exact) mass is 291 g/mol. The van der Waals surface area contributed by atoms with E-state index in [9.17, 15) is 9.59 Å². The van der Waals surface area contributed by atoms with E-state index in [0.717, 1.165) is 11.1 Å². The largest absolute Gasteiger partial charge is 0.467 e. The molecule has 1 amide bonds. The van der Waals surface area contributed by atoms with Gasteiger partial charge in [0.1, 0.15) is 11.6 Å². The highest BCUT2D eigenvalue weighted by atomic mass is 16.6. The molecular formula is C16H21NO4. The van der Waals surface area contributed by atoms with Crippen LogP contribution in [0.1, 0.15) is 31.9 Å². The lowest BCUT2D eigenvalue weighted by Gasteiger charge is -2.36. The van der Waals surface area contributed by atoms with Crippen LogP contribution in [0.25, 0.3) is 0 Å². The van der Waals surface area contributed by atoms with Crippen LogP contribution in [0.5, 0.6) is 0 Å². The Morgan fingerprint density at radius 3 is 2.38 bits per heavy atom. The van der Waals surface area contributed by atoms with Crippen molar-refractivity contribution in [2.45, 2.75) is 45.4 Å².